The molecule has 5 aliphatic rings. The lowest BCUT2D eigenvalue weighted by Crippen LogP contribution is -2.51. The molecule has 15 nitrogen and oxygen atoms in total. The lowest BCUT2D eigenvalue weighted by Gasteiger charge is -2.27. The number of morpholine rings is 1. The number of amides is 1. The highest BCUT2D eigenvalue weighted by molar-refractivity contribution is 14.1. The number of phenols is 1. The van der Waals surface area contributed by atoms with Crippen molar-refractivity contribution in [2.24, 2.45) is 5.10 Å². The molecular formula is C32H25IN4O11. The van der Waals surface area contributed by atoms with Crippen molar-refractivity contribution in [2.45, 2.75) is 18.3 Å². The highest BCUT2D eigenvalue weighted by Gasteiger charge is 2.53. The van der Waals surface area contributed by atoms with E-state index in [0.29, 0.717) is 40.8 Å². The summed E-state index contributed by atoms with van der Waals surface area (Å²) in [5.74, 6) is -2.99. The summed E-state index contributed by atoms with van der Waals surface area (Å²) in [6.07, 6.45) is 1.25. The molecule has 1 aromatic heterocycles. The molecular weight excluding hydrogens is 743 g/mol. The average molecular weight is 768 g/mol. The van der Waals surface area contributed by atoms with Gasteiger partial charge < -0.3 is 29.8 Å². The van der Waals surface area contributed by atoms with Crippen molar-refractivity contribution in [3.8, 4) is 11.5 Å². The lowest BCUT2D eigenvalue weighted by atomic mass is 9.78. The van der Waals surface area contributed by atoms with Gasteiger partial charge in [0.05, 0.1) is 65.0 Å². The van der Waals surface area contributed by atoms with Crippen molar-refractivity contribution in [3.63, 3.8) is 0 Å². The second-order valence-electron chi connectivity index (χ2n) is 11.7. The normalized spacial score (nSPS) is 19.1. The van der Waals surface area contributed by atoms with Gasteiger partial charge in [0.25, 0.3) is 11.5 Å². The maximum absolute atomic E-state index is 13.7. The summed E-state index contributed by atoms with van der Waals surface area (Å²) in [5.41, 5.74) is -4.09. The quantitative estimate of drug-likeness (QED) is 0.0837. The molecule has 246 valence electrons. The number of aliphatic hydroxyl groups is 2. The van der Waals surface area contributed by atoms with E-state index < -0.39 is 76.6 Å². The van der Waals surface area contributed by atoms with Crippen LogP contribution in [0.2, 0.25) is 0 Å². The predicted molar refractivity (Wildman–Crippen MR) is 179 cm³/mol. The number of fused-ring (bicyclic) bond motifs is 4. The van der Waals surface area contributed by atoms with Crippen molar-refractivity contribution in [3.05, 3.63) is 105 Å². The van der Waals surface area contributed by atoms with Gasteiger partial charge in [-0.1, -0.05) is 0 Å². The van der Waals surface area contributed by atoms with Crippen molar-refractivity contribution in [1.82, 2.24) is 15.3 Å². The van der Waals surface area contributed by atoms with E-state index in [0.717, 1.165) is 13.2 Å². The fourth-order valence-corrected chi connectivity index (χ4v) is 8.02. The van der Waals surface area contributed by atoms with Crippen LogP contribution < -0.4 is 47.9 Å². The molecule has 7 rings (SSSR count). The Morgan fingerprint density at radius 2 is 1.71 bits per heavy atom. The smallest absolute Gasteiger partial charge is 0.260 e. The number of carbonyl (C=O) groups excluding carboxylic acids is 1. The second-order valence-corrected chi connectivity index (χ2v) is 12.8. The number of H-pyrrole nitrogens is 1. The number of ether oxygens (including phenoxy) is 2. The zero-order valence-electron chi connectivity index (χ0n) is 25.1. The van der Waals surface area contributed by atoms with E-state index in [-0.39, 0.29) is 41.9 Å². The second kappa shape index (κ2) is 11.3. The third-order valence-electron chi connectivity index (χ3n) is 9.24. The number of hydrazone groups is 1. The molecule has 1 aromatic carbocycles. The monoisotopic (exact) mass is 768 g/mol. The predicted octanol–water partition coefficient (Wildman–Crippen LogP) is -2.10. The fraction of sp³-hybridized carbons (Fsp3) is 0.281. The van der Waals surface area contributed by atoms with E-state index in [1.54, 1.807) is 0 Å². The van der Waals surface area contributed by atoms with Gasteiger partial charge in [-0.15, -0.1) is 0 Å². The van der Waals surface area contributed by atoms with Gasteiger partial charge >= 0.3 is 0 Å². The van der Waals surface area contributed by atoms with E-state index >= 15 is 0 Å². The molecule has 0 radical (unpaired) electrons. The molecule has 1 saturated heterocycles. The molecule has 5 N–H and O–H groups in total. The summed E-state index contributed by atoms with van der Waals surface area (Å²) in [4.78, 5) is 83.4. The standard InChI is InChI=1S/C32H25IN4O11/c1-47-16-9-15(38)19-20(25(16)40)27(42)22-21(26(19)41)29(44)32(30(22)45)3-2-13-23(32)28(43)18-14(24(13)33)8-12(35-31(18)46)10-34-36-17(39)11-37-4-6-48-7-5-37/h8-10,43-45H,2-7,11H2,1H3,(H,35,46)(H,36,39)/t32-/m0/s1. The van der Waals surface area contributed by atoms with Crippen LogP contribution in [0.4, 0.5) is 0 Å². The molecule has 0 bridgehead atoms. The van der Waals surface area contributed by atoms with Gasteiger partial charge in [-0.05, 0) is 47.1 Å². The number of nitrogens with zero attached hydrogens (tertiary/aromatic N) is 2. The van der Waals surface area contributed by atoms with E-state index in [4.69, 9.17) is 9.47 Å². The largest absolute Gasteiger partial charge is 0.510 e. The summed E-state index contributed by atoms with van der Waals surface area (Å²) in [5, 5.41) is 36.2. The van der Waals surface area contributed by atoms with E-state index in [1.807, 2.05) is 27.5 Å². The molecule has 0 saturated carbocycles. The summed E-state index contributed by atoms with van der Waals surface area (Å²) < 4.78 is 10.7. The molecule has 2 aromatic rings. The minimum Gasteiger partial charge on any atom is -0.510 e. The van der Waals surface area contributed by atoms with Crippen LogP contribution in [-0.4, -0.2) is 77.3 Å². The summed E-state index contributed by atoms with van der Waals surface area (Å²) in [6, 6.07) is 2.31. The number of aromatic hydroxyl groups is 1. The third kappa shape index (κ3) is 4.35. The fourth-order valence-electron chi connectivity index (χ4n) is 7.05. The Hall–Kier alpha value is -4.94. The Bertz CT molecular complexity index is 2620. The van der Waals surface area contributed by atoms with Crippen LogP contribution in [-0.2, 0) is 21.4 Å². The number of aliphatic hydroxyl groups excluding tert-OH is 2. The van der Waals surface area contributed by atoms with Gasteiger partial charge in [0.1, 0.15) is 22.7 Å². The van der Waals surface area contributed by atoms with Crippen LogP contribution >= 0.6 is 22.6 Å². The van der Waals surface area contributed by atoms with E-state index in [9.17, 15) is 44.1 Å². The number of aromatic amines is 1. The van der Waals surface area contributed by atoms with E-state index in [2.05, 4.69) is 15.5 Å². The first-order valence-corrected chi connectivity index (χ1v) is 15.8. The van der Waals surface area contributed by atoms with Crippen molar-refractivity contribution in [2.75, 3.05) is 40.0 Å². The number of hydrogen-bond acceptors (Lipinski definition) is 13. The van der Waals surface area contributed by atoms with Crippen LogP contribution in [0, 0.1) is 14.0 Å². The number of aromatic nitrogens is 1. The van der Waals surface area contributed by atoms with Gasteiger partial charge in [-0.2, -0.15) is 5.10 Å². The Morgan fingerprint density at radius 3 is 2.38 bits per heavy atom. The molecule has 1 atom stereocenters. The lowest BCUT2D eigenvalue weighted by molar-refractivity contribution is -0.123. The first-order valence-electron chi connectivity index (χ1n) is 14.7. The number of nitrogens with one attached hydrogen (secondary N) is 2. The molecule has 48 heavy (non-hydrogen) atoms. The third-order valence-corrected chi connectivity index (χ3v) is 10.5. The highest BCUT2D eigenvalue weighted by atomic mass is 127. The van der Waals surface area contributed by atoms with Crippen molar-refractivity contribution < 1.29 is 29.6 Å². The van der Waals surface area contributed by atoms with E-state index in [1.165, 1.54) is 12.3 Å². The number of halogens is 1. The maximum Gasteiger partial charge on any atom is 0.260 e. The van der Waals surface area contributed by atoms with Crippen LogP contribution in [0.15, 0.2) is 41.2 Å². The first-order chi connectivity index (χ1) is 22.9. The first kappa shape index (κ1) is 31.6. The molecule has 0 unspecified atom stereocenters. The number of carbonyl (C=O) groups is 1. The average Bonchev–Trinajstić information content (AvgIpc) is 3.57. The van der Waals surface area contributed by atoms with Gasteiger partial charge in [0.15, 0.2) is 11.2 Å². The number of pyridine rings is 1. The highest BCUT2D eigenvalue weighted by Crippen LogP contribution is 2.55. The number of rotatable bonds is 5. The number of benzene rings is 1. The zero-order valence-corrected chi connectivity index (χ0v) is 27.2. The van der Waals surface area contributed by atoms with Gasteiger partial charge in [0, 0.05) is 33.7 Å². The molecule has 1 fully saturated rings. The SMILES string of the molecule is COc1cc(=O)c2c(=O)c3c(c(=O)c=2c1=O)=C(O)[C@]1(CCc2c1c(O)c1c(=O)[nH]c(C=NNC(=O)CN4CCOCC4)cc1c2I)C=3O. The number of hydrogen-bond donors (Lipinski definition) is 5. The van der Waals surface area contributed by atoms with Crippen LogP contribution in [0.25, 0.3) is 22.3 Å². The minimum atomic E-state index is -2.01. The topological polar surface area (TPSA) is 225 Å². The Morgan fingerprint density at radius 1 is 1.04 bits per heavy atom. The van der Waals surface area contributed by atoms with Crippen LogP contribution in [0.3, 0.4) is 0 Å². The summed E-state index contributed by atoms with van der Waals surface area (Å²) in [7, 11) is 1.11. The Kier molecular flexibility index (Phi) is 7.48. The van der Waals surface area contributed by atoms with Gasteiger partial charge in [0.2, 0.25) is 16.3 Å². The van der Waals surface area contributed by atoms with Gasteiger partial charge in [-0.25, -0.2) is 5.43 Å². The molecule has 4 aliphatic carbocycles. The Balaban J connectivity index is 1.37. The van der Waals surface area contributed by atoms with Crippen molar-refractivity contribution in [1.29, 1.82) is 0 Å². The van der Waals surface area contributed by atoms with Gasteiger partial charge in [-0.3, -0.25) is 33.7 Å². The van der Waals surface area contributed by atoms with Crippen molar-refractivity contribution >= 4 is 57.0 Å². The molecule has 1 aliphatic heterocycles. The van der Waals surface area contributed by atoms with Crippen LogP contribution in [0.1, 0.15) is 23.2 Å². The molecule has 1 amide bonds. The number of phenolic OH excluding ortho intramolecular Hbond substituents is 1. The summed E-state index contributed by atoms with van der Waals surface area (Å²) >= 11 is 1.96. The molecule has 16 heteroatoms. The molecule has 2 heterocycles. The zero-order chi connectivity index (χ0) is 34.2. The minimum absolute atomic E-state index is 0.0852. The Labute approximate surface area is 280 Å². The van der Waals surface area contributed by atoms with Crippen LogP contribution in [0.5, 0.6) is 11.5 Å². The summed E-state index contributed by atoms with van der Waals surface area (Å²) in [6.45, 7) is 2.41. The molecule has 1 spiro atoms. The number of methoxy groups -OCH3 is 1. The maximum atomic E-state index is 13.7.